The zero-order valence-corrected chi connectivity index (χ0v) is 3.02. The van der Waals surface area contributed by atoms with Gasteiger partial charge in [-0.05, 0) is 0 Å². The van der Waals surface area contributed by atoms with Gasteiger partial charge in [-0.3, -0.25) is 0 Å². The number of aliphatic hydroxyl groups excluding tert-OH is 1. The molecule has 0 fully saturated rings. The number of hydrogen-bond acceptors (Lipinski definition) is 1. The van der Waals surface area contributed by atoms with Gasteiger partial charge in [-0.15, -0.1) is 0 Å². The molecule has 0 amide bonds. The van der Waals surface area contributed by atoms with E-state index < -0.39 is 0 Å². The highest BCUT2D eigenvalue weighted by Crippen LogP contribution is 1.69. The van der Waals surface area contributed by atoms with Gasteiger partial charge in [0, 0.05) is 6.42 Å². The normalized spacial score (nSPS) is 7.20. The van der Waals surface area contributed by atoms with E-state index in [0.717, 1.165) is 0 Å². The molecule has 0 saturated heterocycles. The van der Waals surface area contributed by atoms with Crippen LogP contribution in [-0.2, 0) is 0 Å². The van der Waals surface area contributed by atoms with E-state index in [-0.39, 0.29) is 6.61 Å². The molecule has 0 unspecified atom stereocenters. The van der Waals surface area contributed by atoms with E-state index in [4.69, 9.17) is 11.7 Å². The van der Waals surface area contributed by atoms with Crippen LogP contribution in [0.3, 0.4) is 0 Å². The molecule has 28 valence electrons. The fourth-order valence-corrected chi connectivity index (χ4v) is 0.0745. The maximum absolute atomic E-state index is 7.96. The monoisotopic (exact) mass is 71.0 g/mol. The molecule has 0 rings (SSSR count). The highest BCUT2D eigenvalue weighted by Gasteiger charge is 1.71. The van der Waals surface area contributed by atoms with Gasteiger partial charge in [0.15, 0.2) is 6.08 Å². The van der Waals surface area contributed by atoms with Gasteiger partial charge < -0.3 is 5.11 Å². The first kappa shape index (κ1) is 4.61. The molecule has 1 heteroatoms. The third-order valence-corrected chi connectivity index (χ3v) is 0.296. The van der Waals surface area contributed by atoms with Crippen LogP contribution in [0.2, 0.25) is 0 Å². The Morgan fingerprint density at radius 2 is 2.40 bits per heavy atom. The lowest BCUT2D eigenvalue weighted by atomic mass is 10.5. The van der Waals surface area contributed by atoms with Crippen LogP contribution in [0.15, 0.2) is 6.08 Å². The van der Waals surface area contributed by atoms with Gasteiger partial charge in [-0.25, -0.2) is 0 Å². The minimum Gasteiger partial charge on any atom is -0.396 e. The summed E-state index contributed by atoms with van der Waals surface area (Å²) in [6, 6.07) is 0. The molecule has 0 aromatic heterocycles. The molecule has 0 saturated carbocycles. The van der Waals surface area contributed by atoms with Crippen molar-refractivity contribution in [1.82, 2.24) is 0 Å². The standard InChI is InChI=1S/C4H7O/c1-2-3-4-5/h1-2,5H,3-4H2/q+1. The first-order valence-electron chi connectivity index (χ1n) is 1.56. The number of aliphatic hydroxyl groups is 1. The quantitative estimate of drug-likeness (QED) is 0.466. The third-order valence-electron chi connectivity index (χ3n) is 0.296. The molecule has 0 aliphatic heterocycles. The Morgan fingerprint density at radius 3 is 2.40 bits per heavy atom. The minimum absolute atomic E-state index is 0.163. The maximum Gasteiger partial charge on any atom is 0.201 e. The highest BCUT2D eigenvalue weighted by molar-refractivity contribution is 4.58. The van der Waals surface area contributed by atoms with E-state index in [1.165, 1.54) is 6.08 Å². The van der Waals surface area contributed by atoms with Crippen LogP contribution in [0.4, 0.5) is 0 Å². The van der Waals surface area contributed by atoms with Crippen molar-refractivity contribution in [3.8, 4) is 0 Å². The summed E-state index contributed by atoms with van der Waals surface area (Å²) >= 11 is 0. The summed E-state index contributed by atoms with van der Waals surface area (Å²) in [6.45, 7) is 5.02. The summed E-state index contributed by atoms with van der Waals surface area (Å²) in [4.78, 5) is 0. The summed E-state index contributed by atoms with van der Waals surface area (Å²) in [5.41, 5.74) is 0. The van der Waals surface area contributed by atoms with E-state index in [1.807, 2.05) is 0 Å². The predicted molar refractivity (Wildman–Crippen MR) is 20.6 cm³/mol. The summed E-state index contributed by atoms with van der Waals surface area (Å²) in [5.74, 6) is 0. The van der Waals surface area contributed by atoms with Crippen LogP contribution in [0.1, 0.15) is 6.42 Å². The van der Waals surface area contributed by atoms with Crippen molar-refractivity contribution in [2.45, 2.75) is 6.42 Å². The van der Waals surface area contributed by atoms with Crippen molar-refractivity contribution in [2.75, 3.05) is 6.61 Å². The Labute approximate surface area is 31.9 Å². The van der Waals surface area contributed by atoms with E-state index in [1.54, 1.807) is 0 Å². The molecule has 0 aromatic rings. The summed E-state index contributed by atoms with van der Waals surface area (Å²) in [5, 5.41) is 7.96. The molecule has 1 N–H and O–H groups in total. The zero-order valence-electron chi connectivity index (χ0n) is 3.02. The van der Waals surface area contributed by atoms with Crippen LogP contribution in [0, 0.1) is 6.58 Å². The molecule has 0 heterocycles. The SMILES string of the molecule is [CH+]=CCCO. The van der Waals surface area contributed by atoms with Gasteiger partial charge >= 0.3 is 0 Å². The zero-order chi connectivity index (χ0) is 4.12. The molecule has 0 spiro atoms. The molecule has 0 aromatic carbocycles. The number of hydrogen-bond donors (Lipinski definition) is 1. The van der Waals surface area contributed by atoms with Gasteiger partial charge in [0.25, 0.3) is 0 Å². The van der Waals surface area contributed by atoms with E-state index >= 15 is 0 Å². The molecule has 0 bridgehead atoms. The fraction of sp³-hybridized carbons (Fsp3) is 0.500. The maximum atomic E-state index is 7.96. The van der Waals surface area contributed by atoms with Gasteiger partial charge in [0.05, 0.1) is 6.61 Å². The lowest BCUT2D eigenvalue weighted by molar-refractivity contribution is 0.302. The highest BCUT2D eigenvalue weighted by atomic mass is 16.2. The first-order valence-corrected chi connectivity index (χ1v) is 1.56. The topological polar surface area (TPSA) is 20.2 Å². The second-order valence-electron chi connectivity index (χ2n) is 0.748. The molecule has 5 heavy (non-hydrogen) atoms. The Balaban J connectivity index is 2.40. The van der Waals surface area contributed by atoms with Crippen LogP contribution >= 0.6 is 0 Å². The lowest BCUT2D eigenvalue weighted by Gasteiger charge is -1.67. The molecular weight excluding hydrogens is 64.0 g/mol. The summed E-state index contributed by atoms with van der Waals surface area (Å²) in [7, 11) is 0. The Kier molecular flexibility index (Phi) is 3.33. The lowest BCUT2D eigenvalue weighted by Crippen LogP contribution is -1.72. The summed E-state index contributed by atoms with van der Waals surface area (Å²) in [6.07, 6.45) is 2.03. The average Bonchev–Trinajstić information content (AvgIpc) is 1.41. The van der Waals surface area contributed by atoms with Gasteiger partial charge in [0.1, 0.15) is 0 Å². The predicted octanol–water partition coefficient (Wildman–Crippen LogP) is 0.358. The van der Waals surface area contributed by atoms with Crippen LogP contribution in [0.25, 0.3) is 0 Å². The molecule has 0 aliphatic rings. The smallest absolute Gasteiger partial charge is 0.201 e. The molecular formula is C4H7O+. The van der Waals surface area contributed by atoms with Crippen molar-refractivity contribution in [3.63, 3.8) is 0 Å². The van der Waals surface area contributed by atoms with Crippen molar-refractivity contribution >= 4 is 0 Å². The largest absolute Gasteiger partial charge is 0.396 e. The van der Waals surface area contributed by atoms with Crippen LogP contribution in [-0.4, -0.2) is 11.7 Å². The number of rotatable bonds is 2. The average molecular weight is 71.1 g/mol. The molecule has 0 aliphatic carbocycles. The first-order chi connectivity index (χ1) is 2.41. The Bertz CT molecular complexity index is 24.8. The Hall–Kier alpha value is -0.390. The van der Waals surface area contributed by atoms with Gasteiger partial charge in [-0.1, -0.05) is 0 Å². The third kappa shape index (κ3) is 3.61. The molecule has 1 nitrogen and oxygen atoms in total. The summed E-state index contributed by atoms with van der Waals surface area (Å²) < 4.78 is 0. The molecule has 0 radical (unpaired) electrons. The van der Waals surface area contributed by atoms with E-state index in [0.29, 0.717) is 6.42 Å². The van der Waals surface area contributed by atoms with Crippen molar-refractivity contribution < 1.29 is 5.11 Å². The van der Waals surface area contributed by atoms with Crippen LogP contribution < -0.4 is 0 Å². The fourth-order valence-electron chi connectivity index (χ4n) is 0.0745. The minimum atomic E-state index is 0.163. The van der Waals surface area contributed by atoms with Gasteiger partial charge in [-0.2, -0.15) is 0 Å². The second kappa shape index (κ2) is 3.61. The van der Waals surface area contributed by atoms with Crippen LogP contribution in [0.5, 0.6) is 0 Å². The van der Waals surface area contributed by atoms with E-state index in [2.05, 4.69) is 0 Å². The second-order valence-corrected chi connectivity index (χ2v) is 0.748. The van der Waals surface area contributed by atoms with E-state index in [9.17, 15) is 0 Å². The Morgan fingerprint density at radius 1 is 1.80 bits per heavy atom. The van der Waals surface area contributed by atoms with Crippen molar-refractivity contribution in [3.05, 3.63) is 12.7 Å². The molecule has 0 atom stereocenters. The van der Waals surface area contributed by atoms with Crippen molar-refractivity contribution in [1.29, 1.82) is 0 Å². The van der Waals surface area contributed by atoms with Crippen molar-refractivity contribution in [2.24, 2.45) is 0 Å². The van der Waals surface area contributed by atoms with Gasteiger partial charge in [0.2, 0.25) is 6.58 Å².